The molecule has 36 heavy (non-hydrogen) atoms. The molecule has 5 rings (SSSR count). The Hall–Kier alpha value is -2.89. The molecule has 2 aromatic rings. The van der Waals surface area contributed by atoms with Crippen molar-refractivity contribution >= 4 is 11.7 Å². The molecule has 1 unspecified atom stereocenters. The van der Waals surface area contributed by atoms with Gasteiger partial charge < -0.3 is 23.7 Å². The van der Waals surface area contributed by atoms with E-state index < -0.39 is 0 Å². The molecule has 0 bridgehead atoms. The summed E-state index contributed by atoms with van der Waals surface area (Å²) in [7, 11) is 0. The van der Waals surface area contributed by atoms with Crippen molar-refractivity contribution in [2.45, 2.75) is 77.7 Å². The number of nitrogens with zero attached hydrogens (tertiary/aromatic N) is 4. The van der Waals surface area contributed by atoms with Gasteiger partial charge in [-0.25, -0.2) is 4.98 Å². The van der Waals surface area contributed by atoms with Gasteiger partial charge in [0.25, 0.3) is 0 Å². The zero-order chi connectivity index (χ0) is 25.4. The number of hydrogen-bond donors (Lipinski definition) is 0. The van der Waals surface area contributed by atoms with Gasteiger partial charge in [0.2, 0.25) is 5.91 Å². The van der Waals surface area contributed by atoms with Crippen LogP contribution in [0.3, 0.4) is 0 Å². The van der Waals surface area contributed by atoms with E-state index in [4.69, 9.17) is 18.9 Å². The standard InChI is InChI=1S/C28H36N4O4/c1-18(2)24-14-31(9-10-32(24)25(33)17-34-15-20-6-5-11-35-20)27-22(13-29)21-12-28(3,4)36-16-23(21)26(30-27)19-7-8-19/h5-6,11,18-19,24H,7-10,12,14-17H2,1-4H3. The van der Waals surface area contributed by atoms with E-state index >= 15 is 0 Å². The van der Waals surface area contributed by atoms with E-state index in [9.17, 15) is 10.1 Å². The zero-order valence-electron chi connectivity index (χ0n) is 21.7. The van der Waals surface area contributed by atoms with Crippen molar-refractivity contribution in [3.8, 4) is 6.07 Å². The van der Waals surface area contributed by atoms with Crippen LogP contribution < -0.4 is 4.90 Å². The Morgan fingerprint density at radius 1 is 1.31 bits per heavy atom. The number of fused-ring (bicyclic) bond motifs is 1. The second-order valence-corrected chi connectivity index (χ2v) is 11.2. The molecule has 3 aliphatic rings. The minimum atomic E-state index is -0.306. The second-order valence-electron chi connectivity index (χ2n) is 11.2. The van der Waals surface area contributed by atoms with E-state index in [0.717, 1.165) is 35.5 Å². The van der Waals surface area contributed by atoms with Crippen molar-refractivity contribution in [1.29, 1.82) is 5.26 Å². The van der Waals surface area contributed by atoms with Crippen LogP contribution in [0.2, 0.25) is 0 Å². The molecule has 1 amide bonds. The Labute approximate surface area is 213 Å². The fraction of sp³-hybridized carbons (Fsp3) is 0.607. The minimum Gasteiger partial charge on any atom is -0.467 e. The summed E-state index contributed by atoms with van der Waals surface area (Å²) in [6.07, 6.45) is 4.59. The molecular formula is C28H36N4O4. The van der Waals surface area contributed by atoms with Crippen LogP contribution >= 0.6 is 0 Å². The summed E-state index contributed by atoms with van der Waals surface area (Å²) in [5, 5.41) is 10.3. The fourth-order valence-corrected chi connectivity index (χ4v) is 5.42. The summed E-state index contributed by atoms with van der Waals surface area (Å²) in [4.78, 5) is 22.4. The first kappa shape index (κ1) is 24.8. The maximum absolute atomic E-state index is 13.1. The van der Waals surface area contributed by atoms with E-state index in [-0.39, 0.29) is 36.7 Å². The molecule has 1 saturated heterocycles. The molecule has 8 nitrogen and oxygen atoms in total. The van der Waals surface area contributed by atoms with E-state index in [1.54, 1.807) is 12.3 Å². The van der Waals surface area contributed by atoms with Crippen LogP contribution in [0.4, 0.5) is 5.82 Å². The van der Waals surface area contributed by atoms with Gasteiger partial charge in [-0.1, -0.05) is 13.8 Å². The first-order valence-corrected chi connectivity index (χ1v) is 13.0. The highest BCUT2D eigenvalue weighted by molar-refractivity contribution is 5.78. The van der Waals surface area contributed by atoms with Crippen molar-refractivity contribution in [2.24, 2.45) is 5.92 Å². The molecule has 4 heterocycles. The summed E-state index contributed by atoms with van der Waals surface area (Å²) in [6, 6.07) is 6.14. The molecule has 0 spiro atoms. The molecule has 0 radical (unpaired) electrons. The van der Waals surface area contributed by atoms with Gasteiger partial charge in [0.1, 0.15) is 30.9 Å². The first-order valence-electron chi connectivity index (χ1n) is 13.0. The number of rotatable bonds is 7. The van der Waals surface area contributed by atoms with Gasteiger partial charge in [-0.15, -0.1) is 0 Å². The molecule has 0 N–H and O–H groups in total. The predicted molar refractivity (Wildman–Crippen MR) is 134 cm³/mol. The van der Waals surface area contributed by atoms with Crippen molar-refractivity contribution in [1.82, 2.24) is 9.88 Å². The number of pyridine rings is 1. The van der Waals surface area contributed by atoms with Crippen molar-refractivity contribution < 1.29 is 18.7 Å². The summed E-state index contributed by atoms with van der Waals surface area (Å²) in [6.45, 7) is 11.1. The van der Waals surface area contributed by atoms with Gasteiger partial charge in [-0.05, 0) is 50.3 Å². The number of hydrogen-bond acceptors (Lipinski definition) is 7. The number of carbonyl (C=O) groups is 1. The number of amides is 1. The van der Waals surface area contributed by atoms with Gasteiger partial charge in [0.05, 0.1) is 35.8 Å². The zero-order valence-corrected chi connectivity index (χ0v) is 21.7. The largest absolute Gasteiger partial charge is 0.467 e. The molecule has 2 aliphatic heterocycles. The molecule has 8 heteroatoms. The molecule has 0 aromatic carbocycles. The lowest BCUT2D eigenvalue weighted by atomic mass is 9.87. The quantitative estimate of drug-likeness (QED) is 0.573. The number of furan rings is 1. The number of ether oxygens (including phenoxy) is 2. The van der Waals surface area contributed by atoms with E-state index in [1.807, 2.05) is 11.0 Å². The van der Waals surface area contributed by atoms with Gasteiger partial charge >= 0.3 is 0 Å². The van der Waals surface area contributed by atoms with Crippen LogP contribution in [-0.2, 0) is 33.9 Å². The van der Waals surface area contributed by atoms with Crippen molar-refractivity contribution in [3.63, 3.8) is 0 Å². The molecule has 2 fully saturated rings. The van der Waals surface area contributed by atoms with Crippen LogP contribution in [-0.4, -0.2) is 53.7 Å². The van der Waals surface area contributed by atoms with Crippen LogP contribution in [0.25, 0.3) is 0 Å². The summed E-state index contributed by atoms with van der Waals surface area (Å²) < 4.78 is 17.0. The molecule has 1 aliphatic carbocycles. The van der Waals surface area contributed by atoms with Gasteiger partial charge in [-0.2, -0.15) is 5.26 Å². The third kappa shape index (κ3) is 5.00. The Morgan fingerprint density at radius 2 is 2.11 bits per heavy atom. The Bertz CT molecular complexity index is 1150. The lowest BCUT2D eigenvalue weighted by molar-refractivity contribution is -0.140. The third-order valence-corrected chi connectivity index (χ3v) is 7.57. The SMILES string of the molecule is CC(C)C1CN(c2nc(C3CC3)c3c(c2C#N)CC(C)(C)OC3)CCN1C(=O)COCc1ccco1. The summed E-state index contributed by atoms with van der Waals surface area (Å²) in [5.41, 5.74) is 3.71. The second kappa shape index (κ2) is 9.87. The number of anilines is 1. The van der Waals surface area contributed by atoms with Gasteiger partial charge in [0, 0.05) is 37.5 Å². The van der Waals surface area contributed by atoms with Gasteiger partial charge in [0.15, 0.2) is 0 Å². The third-order valence-electron chi connectivity index (χ3n) is 7.57. The number of nitriles is 1. The molecule has 1 saturated carbocycles. The number of carbonyl (C=O) groups excluding carboxylic acids is 1. The highest BCUT2D eigenvalue weighted by Crippen LogP contribution is 2.46. The Morgan fingerprint density at radius 3 is 2.78 bits per heavy atom. The molecule has 2 aromatic heterocycles. The predicted octanol–water partition coefficient (Wildman–Crippen LogP) is 4.16. The Kier molecular flexibility index (Phi) is 6.80. The van der Waals surface area contributed by atoms with E-state index in [0.29, 0.717) is 49.9 Å². The number of piperazine rings is 1. The monoisotopic (exact) mass is 492 g/mol. The summed E-state index contributed by atoms with van der Waals surface area (Å²) >= 11 is 0. The molecular weight excluding hydrogens is 456 g/mol. The normalized spacial score (nSPS) is 21.4. The average Bonchev–Trinajstić information content (AvgIpc) is 3.57. The smallest absolute Gasteiger partial charge is 0.248 e. The van der Waals surface area contributed by atoms with Crippen LogP contribution in [0.5, 0.6) is 0 Å². The first-order chi connectivity index (χ1) is 17.3. The lowest BCUT2D eigenvalue weighted by Gasteiger charge is -2.44. The van der Waals surface area contributed by atoms with E-state index in [2.05, 4.69) is 38.7 Å². The lowest BCUT2D eigenvalue weighted by Crippen LogP contribution is -2.58. The maximum atomic E-state index is 13.1. The average molecular weight is 493 g/mol. The highest BCUT2D eigenvalue weighted by atomic mass is 16.5. The van der Waals surface area contributed by atoms with Crippen LogP contribution in [0, 0.1) is 17.2 Å². The van der Waals surface area contributed by atoms with Crippen LogP contribution in [0.1, 0.15) is 74.6 Å². The maximum Gasteiger partial charge on any atom is 0.248 e. The topological polar surface area (TPSA) is 91.8 Å². The number of aromatic nitrogens is 1. The van der Waals surface area contributed by atoms with Gasteiger partial charge in [-0.3, -0.25) is 4.79 Å². The van der Waals surface area contributed by atoms with E-state index in [1.165, 1.54) is 0 Å². The highest BCUT2D eigenvalue weighted by Gasteiger charge is 2.39. The minimum absolute atomic E-state index is 0.00647. The molecule has 1 atom stereocenters. The Balaban J connectivity index is 1.37. The van der Waals surface area contributed by atoms with Crippen molar-refractivity contribution in [3.05, 3.63) is 46.5 Å². The molecule has 192 valence electrons. The van der Waals surface area contributed by atoms with Crippen molar-refractivity contribution in [2.75, 3.05) is 31.1 Å². The van der Waals surface area contributed by atoms with Crippen LogP contribution in [0.15, 0.2) is 22.8 Å². The summed E-state index contributed by atoms with van der Waals surface area (Å²) in [5.74, 6) is 2.18. The fourth-order valence-electron chi connectivity index (χ4n) is 5.42.